The van der Waals surface area contributed by atoms with Gasteiger partial charge in [-0.2, -0.15) is 13.2 Å². The van der Waals surface area contributed by atoms with Crippen molar-refractivity contribution < 1.29 is 13.2 Å². The van der Waals surface area contributed by atoms with E-state index >= 15 is 0 Å². The monoisotopic (exact) mass is 241 g/mol. The van der Waals surface area contributed by atoms with Gasteiger partial charge in [-0.25, -0.2) is 0 Å². The number of fused-ring (bicyclic) bond motifs is 1. The summed E-state index contributed by atoms with van der Waals surface area (Å²) in [7, 11) is 1.44. The Kier molecular flexibility index (Phi) is 2.68. The number of aromatic nitrogens is 1. The fraction of sp³-hybridized carbons (Fsp3) is 0.385. The summed E-state index contributed by atoms with van der Waals surface area (Å²) in [5.41, 5.74) is 1.06. The zero-order valence-electron chi connectivity index (χ0n) is 9.97. The van der Waals surface area contributed by atoms with E-state index in [0.717, 1.165) is 5.56 Å². The van der Waals surface area contributed by atoms with Gasteiger partial charge in [-0.1, -0.05) is 19.9 Å². The summed E-state index contributed by atoms with van der Waals surface area (Å²) in [4.78, 5) is 0. The number of rotatable bonds is 1. The third-order valence-electron chi connectivity index (χ3n) is 3.02. The summed E-state index contributed by atoms with van der Waals surface area (Å²) in [6.45, 7) is 4.05. The van der Waals surface area contributed by atoms with Crippen molar-refractivity contribution in [3.05, 3.63) is 35.5 Å². The van der Waals surface area contributed by atoms with Gasteiger partial charge in [0.2, 0.25) is 0 Å². The zero-order chi connectivity index (χ0) is 12.8. The van der Waals surface area contributed by atoms with Crippen molar-refractivity contribution in [1.29, 1.82) is 0 Å². The molecule has 0 spiro atoms. The van der Waals surface area contributed by atoms with E-state index in [1.165, 1.54) is 17.7 Å². The molecule has 0 aliphatic heterocycles. The number of aryl methyl sites for hydroxylation is 1. The lowest BCUT2D eigenvalue weighted by atomic mass is 10.0. The van der Waals surface area contributed by atoms with Crippen LogP contribution in [0.5, 0.6) is 0 Å². The first kappa shape index (κ1) is 12.0. The highest BCUT2D eigenvalue weighted by molar-refractivity contribution is 5.82. The van der Waals surface area contributed by atoms with E-state index in [2.05, 4.69) is 0 Å². The maximum Gasteiger partial charge on any atom is 0.431 e. The Balaban J connectivity index is 2.66. The van der Waals surface area contributed by atoms with Crippen LogP contribution in [0.25, 0.3) is 10.9 Å². The first-order valence-corrected chi connectivity index (χ1v) is 5.47. The number of nitrogens with zero attached hydrogens (tertiary/aromatic N) is 1. The molecule has 1 heterocycles. The van der Waals surface area contributed by atoms with Crippen LogP contribution in [-0.4, -0.2) is 4.57 Å². The first-order valence-electron chi connectivity index (χ1n) is 5.47. The fourth-order valence-corrected chi connectivity index (χ4v) is 2.00. The van der Waals surface area contributed by atoms with Crippen LogP contribution in [-0.2, 0) is 13.2 Å². The molecule has 0 bridgehead atoms. The van der Waals surface area contributed by atoms with Gasteiger partial charge in [0.1, 0.15) is 5.69 Å². The van der Waals surface area contributed by atoms with Gasteiger partial charge in [-0.15, -0.1) is 0 Å². The minimum Gasteiger partial charge on any atom is -0.340 e. The molecule has 17 heavy (non-hydrogen) atoms. The van der Waals surface area contributed by atoms with E-state index < -0.39 is 11.9 Å². The van der Waals surface area contributed by atoms with Gasteiger partial charge in [0.15, 0.2) is 0 Å². The average molecular weight is 241 g/mol. The number of hydrogen-bond donors (Lipinski definition) is 0. The van der Waals surface area contributed by atoms with Gasteiger partial charge < -0.3 is 4.57 Å². The van der Waals surface area contributed by atoms with Crippen LogP contribution in [0, 0.1) is 0 Å². The molecule has 0 aliphatic rings. The smallest absolute Gasteiger partial charge is 0.340 e. The fourth-order valence-electron chi connectivity index (χ4n) is 2.00. The second kappa shape index (κ2) is 3.79. The maximum atomic E-state index is 12.7. The molecule has 2 aromatic rings. The van der Waals surface area contributed by atoms with Gasteiger partial charge in [0, 0.05) is 18.0 Å². The maximum absolute atomic E-state index is 12.7. The molecule has 92 valence electrons. The number of alkyl halides is 3. The Hall–Kier alpha value is -1.45. The van der Waals surface area contributed by atoms with E-state index in [0.29, 0.717) is 16.8 Å². The van der Waals surface area contributed by atoms with E-state index in [4.69, 9.17) is 0 Å². The Morgan fingerprint density at radius 1 is 1.12 bits per heavy atom. The van der Waals surface area contributed by atoms with Gasteiger partial charge in [0.05, 0.1) is 0 Å². The van der Waals surface area contributed by atoms with E-state index in [1.54, 1.807) is 6.07 Å². The third kappa shape index (κ3) is 2.04. The number of hydrogen-bond acceptors (Lipinski definition) is 0. The highest BCUT2D eigenvalue weighted by Gasteiger charge is 2.34. The summed E-state index contributed by atoms with van der Waals surface area (Å²) in [5, 5.41) is 0.644. The first-order chi connectivity index (χ1) is 7.80. The van der Waals surface area contributed by atoms with Crippen molar-refractivity contribution in [3.63, 3.8) is 0 Å². The molecule has 0 saturated carbocycles. The van der Waals surface area contributed by atoms with Crippen molar-refractivity contribution in [2.45, 2.75) is 25.9 Å². The van der Waals surface area contributed by atoms with E-state index in [1.807, 2.05) is 26.0 Å². The lowest BCUT2D eigenvalue weighted by Crippen LogP contribution is -2.10. The lowest BCUT2D eigenvalue weighted by molar-refractivity contribution is -0.142. The Labute approximate surface area is 97.9 Å². The molecular formula is C13H14F3N. The SMILES string of the molecule is CC(C)c1ccc2c(c1)cc(C(F)(F)F)n2C. The van der Waals surface area contributed by atoms with Crippen LogP contribution in [0.3, 0.4) is 0 Å². The van der Waals surface area contributed by atoms with Crippen LogP contribution in [0.15, 0.2) is 24.3 Å². The third-order valence-corrected chi connectivity index (χ3v) is 3.02. The summed E-state index contributed by atoms with van der Waals surface area (Å²) < 4.78 is 39.4. The van der Waals surface area contributed by atoms with Gasteiger partial charge in [0.25, 0.3) is 0 Å². The molecule has 0 fully saturated rings. The molecule has 0 N–H and O–H groups in total. The second-order valence-electron chi connectivity index (χ2n) is 4.56. The molecular weight excluding hydrogens is 227 g/mol. The Morgan fingerprint density at radius 2 is 1.76 bits per heavy atom. The van der Waals surface area contributed by atoms with E-state index in [-0.39, 0.29) is 0 Å². The predicted molar refractivity (Wildman–Crippen MR) is 62.0 cm³/mol. The number of halogens is 3. The minimum absolute atomic E-state index is 0.314. The van der Waals surface area contributed by atoms with Crippen molar-refractivity contribution in [3.8, 4) is 0 Å². The highest BCUT2D eigenvalue weighted by Crippen LogP contribution is 2.34. The normalized spacial score (nSPS) is 12.6. The molecule has 0 radical (unpaired) electrons. The van der Waals surface area contributed by atoms with Crippen molar-refractivity contribution in [1.82, 2.24) is 4.57 Å². The van der Waals surface area contributed by atoms with Gasteiger partial charge in [-0.3, -0.25) is 0 Å². The van der Waals surface area contributed by atoms with Crippen molar-refractivity contribution in [2.24, 2.45) is 7.05 Å². The van der Waals surface area contributed by atoms with E-state index in [9.17, 15) is 13.2 Å². The number of benzene rings is 1. The van der Waals surface area contributed by atoms with Crippen molar-refractivity contribution >= 4 is 10.9 Å². The van der Waals surface area contributed by atoms with Crippen LogP contribution in [0.4, 0.5) is 13.2 Å². The zero-order valence-corrected chi connectivity index (χ0v) is 9.97. The summed E-state index contributed by atoms with van der Waals surface area (Å²) in [6.07, 6.45) is -4.30. The summed E-state index contributed by atoms with van der Waals surface area (Å²) in [6, 6.07) is 6.67. The molecule has 4 heteroatoms. The summed E-state index contributed by atoms with van der Waals surface area (Å²) >= 11 is 0. The topological polar surface area (TPSA) is 4.93 Å². The Morgan fingerprint density at radius 3 is 2.29 bits per heavy atom. The molecule has 0 atom stereocenters. The average Bonchev–Trinajstić information content (AvgIpc) is 2.55. The molecule has 1 nitrogen and oxygen atoms in total. The molecule has 1 aromatic heterocycles. The molecule has 0 amide bonds. The quantitative estimate of drug-likeness (QED) is 0.700. The predicted octanol–water partition coefficient (Wildman–Crippen LogP) is 4.32. The van der Waals surface area contributed by atoms with Gasteiger partial charge in [-0.05, 0) is 29.7 Å². The van der Waals surface area contributed by atoms with Gasteiger partial charge >= 0.3 is 6.18 Å². The second-order valence-corrected chi connectivity index (χ2v) is 4.56. The molecule has 2 rings (SSSR count). The van der Waals surface area contributed by atoms with Crippen molar-refractivity contribution in [2.75, 3.05) is 0 Å². The molecule has 0 saturated heterocycles. The largest absolute Gasteiger partial charge is 0.431 e. The Bertz CT molecular complexity index is 550. The van der Waals surface area contributed by atoms with Crippen LogP contribution in [0.2, 0.25) is 0 Å². The molecule has 0 unspecified atom stereocenters. The highest BCUT2D eigenvalue weighted by atomic mass is 19.4. The summed E-state index contributed by atoms with van der Waals surface area (Å²) in [5.74, 6) is 0.314. The molecule has 1 aromatic carbocycles. The molecule has 0 aliphatic carbocycles. The van der Waals surface area contributed by atoms with Crippen LogP contribution in [0.1, 0.15) is 31.0 Å². The van der Waals surface area contributed by atoms with Crippen LogP contribution >= 0.6 is 0 Å². The lowest BCUT2D eigenvalue weighted by Gasteiger charge is -2.08. The standard InChI is InChI=1S/C13H14F3N/c1-8(2)9-4-5-11-10(6-9)7-12(17(11)3)13(14,15)16/h4-8H,1-3H3. The van der Waals surface area contributed by atoms with Crippen LogP contribution < -0.4 is 0 Å². The minimum atomic E-state index is -4.30.